The van der Waals surface area contributed by atoms with Gasteiger partial charge in [0.1, 0.15) is 11.5 Å². The van der Waals surface area contributed by atoms with Gasteiger partial charge in [-0.05, 0) is 60.5 Å². The smallest absolute Gasteiger partial charge is 0.300 e. The normalized spacial score (nSPS) is 17.1. The van der Waals surface area contributed by atoms with Crippen LogP contribution in [0, 0.1) is 11.3 Å². The number of nitriles is 1. The van der Waals surface area contributed by atoms with Gasteiger partial charge in [0.2, 0.25) is 0 Å². The Bertz CT molecular complexity index is 1240. The molecule has 1 saturated heterocycles. The lowest BCUT2D eigenvalue weighted by Gasteiger charge is -2.25. The first-order valence-corrected chi connectivity index (χ1v) is 10.6. The van der Waals surface area contributed by atoms with Gasteiger partial charge in [0.05, 0.1) is 29.9 Å². The molecule has 3 aromatic carbocycles. The highest BCUT2D eigenvalue weighted by Crippen LogP contribution is 2.42. The summed E-state index contributed by atoms with van der Waals surface area (Å²) >= 11 is 0. The lowest BCUT2D eigenvalue weighted by molar-refractivity contribution is -0.132. The highest BCUT2D eigenvalue weighted by Gasteiger charge is 2.46. The molecule has 1 fully saturated rings. The number of ether oxygens (including phenoxy) is 1. The van der Waals surface area contributed by atoms with E-state index in [2.05, 4.69) is 0 Å². The summed E-state index contributed by atoms with van der Waals surface area (Å²) in [7, 11) is 0. The van der Waals surface area contributed by atoms with Crippen molar-refractivity contribution in [1.82, 2.24) is 0 Å². The zero-order chi connectivity index (χ0) is 23.4. The predicted molar refractivity (Wildman–Crippen MR) is 125 cm³/mol. The van der Waals surface area contributed by atoms with Crippen LogP contribution in [-0.2, 0) is 9.59 Å². The van der Waals surface area contributed by atoms with Gasteiger partial charge < -0.3 is 9.84 Å². The third kappa shape index (κ3) is 4.21. The predicted octanol–water partition coefficient (Wildman–Crippen LogP) is 4.97. The van der Waals surface area contributed by atoms with E-state index in [0.29, 0.717) is 34.7 Å². The number of nitrogens with zero attached hydrogens (tertiary/aromatic N) is 2. The minimum absolute atomic E-state index is 0.0118. The van der Waals surface area contributed by atoms with E-state index >= 15 is 0 Å². The Morgan fingerprint density at radius 2 is 1.67 bits per heavy atom. The van der Waals surface area contributed by atoms with E-state index in [4.69, 9.17) is 10.00 Å². The number of carbonyl (C=O) groups is 2. The van der Waals surface area contributed by atoms with Crippen molar-refractivity contribution in [3.63, 3.8) is 0 Å². The molecule has 0 bridgehead atoms. The number of aliphatic hydroxyl groups is 1. The summed E-state index contributed by atoms with van der Waals surface area (Å²) in [6, 6.07) is 23.5. The SMILES string of the molecule is CCCOc1ccc(/C(O)=C2\C(=O)C(=O)N(c3ccc(C#N)cc3)C2c2ccccc2)cc1. The first-order valence-electron chi connectivity index (χ1n) is 10.6. The number of hydrogen-bond acceptors (Lipinski definition) is 5. The molecule has 1 unspecified atom stereocenters. The van der Waals surface area contributed by atoms with Crippen molar-refractivity contribution in [2.75, 3.05) is 11.5 Å². The number of carbonyl (C=O) groups excluding carboxylic acids is 2. The van der Waals surface area contributed by atoms with E-state index in [1.807, 2.05) is 43.3 Å². The minimum Gasteiger partial charge on any atom is -0.507 e. The van der Waals surface area contributed by atoms with Crippen LogP contribution in [0.4, 0.5) is 5.69 Å². The van der Waals surface area contributed by atoms with Gasteiger partial charge in [-0.15, -0.1) is 0 Å². The third-order valence-corrected chi connectivity index (χ3v) is 5.43. The van der Waals surface area contributed by atoms with Gasteiger partial charge in [0.15, 0.2) is 0 Å². The Hall–Kier alpha value is -4.37. The highest BCUT2D eigenvalue weighted by atomic mass is 16.5. The standard InChI is InChI=1S/C27H22N2O4/c1-2-16-33-22-14-10-20(11-15-22)25(30)23-24(19-6-4-3-5-7-19)29(27(32)26(23)31)21-12-8-18(17-28)9-13-21/h3-15,24,30H,2,16H2,1H3/b25-23+. The number of aliphatic hydroxyl groups excluding tert-OH is 1. The molecule has 164 valence electrons. The molecule has 33 heavy (non-hydrogen) atoms. The summed E-state index contributed by atoms with van der Waals surface area (Å²) in [6.07, 6.45) is 0.873. The summed E-state index contributed by atoms with van der Waals surface area (Å²) in [5, 5.41) is 20.2. The van der Waals surface area contributed by atoms with Crippen molar-refractivity contribution in [1.29, 1.82) is 5.26 Å². The largest absolute Gasteiger partial charge is 0.507 e. The van der Waals surface area contributed by atoms with Gasteiger partial charge in [-0.1, -0.05) is 37.3 Å². The molecule has 0 radical (unpaired) electrons. The first kappa shape index (κ1) is 21.8. The Labute approximate surface area is 192 Å². The summed E-state index contributed by atoms with van der Waals surface area (Å²) in [5.74, 6) is -1.10. The molecule has 0 aromatic heterocycles. The van der Waals surface area contributed by atoms with Crippen LogP contribution in [0.5, 0.6) is 5.75 Å². The van der Waals surface area contributed by atoms with Crippen molar-refractivity contribution in [3.8, 4) is 11.8 Å². The summed E-state index contributed by atoms with van der Waals surface area (Å²) in [5.41, 5.74) is 2.02. The van der Waals surface area contributed by atoms with Gasteiger partial charge in [-0.25, -0.2) is 0 Å². The van der Waals surface area contributed by atoms with Crippen molar-refractivity contribution in [2.45, 2.75) is 19.4 Å². The van der Waals surface area contributed by atoms with E-state index < -0.39 is 17.7 Å². The maximum atomic E-state index is 13.1. The van der Waals surface area contributed by atoms with E-state index in [1.165, 1.54) is 4.90 Å². The Morgan fingerprint density at radius 1 is 1.00 bits per heavy atom. The van der Waals surface area contributed by atoms with Crippen LogP contribution >= 0.6 is 0 Å². The van der Waals surface area contributed by atoms with Crippen LogP contribution in [0.3, 0.4) is 0 Å². The van der Waals surface area contributed by atoms with Gasteiger partial charge in [-0.2, -0.15) is 5.26 Å². The van der Waals surface area contributed by atoms with Gasteiger partial charge >= 0.3 is 0 Å². The van der Waals surface area contributed by atoms with E-state index in [9.17, 15) is 14.7 Å². The number of ketones is 1. The molecule has 1 atom stereocenters. The summed E-state index contributed by atoms with van der Waals surface area (Å²) < 4.78 is 5.59. The van der Waals surface area contributed by atoms with Crippen molar-refractivity contribution in [2.24, 2.45) is 0 Å². The van der Waals surface area contributed by atoms with E-state index in [1.54, 1.807) is 48.5 Å². The maximum Gasteiger partial charge on any atom is 0.300 e. The second kappa shape index (κ2) is 9.41. The van der Waals surface area contributed by atoms with Crippen LogP contribution in [0.15, 0.2) is 84.4 Å². The molecule has 1 heterocycles. The monoisotopic (exact) mass is 438 g/mol. The van der Waals surface area contributed by atoms with Crippen molar-refractivity contribution in [3.05, 3.63) is 101 Å². The average Bonchev–Trinajstić information content (AvgIpc) is 3.13. The number of Topliss-reactive ketones (excluding diaryl/α,β-unsaturated/α-hetero) is 1. The first-order chi connectivity index (χ1) is 16.0. The molecule has 6 heteroatoms. The zero-order valence-corrected chi connectivity index (χ0v) is 18.1. The van der Waals surface area contributed by atoms with Crippen molar-refractivity contribution < 1.29 is 19.4 Å². The second-order valence-electron chi connectivity index (χ2n) is 7.61. The van der Waals surface area contributed by atoms with Crippen LogP contribution in [0.25, 0.3) is 5.76 Å². The Kier molecular flexibility index (Phi) is 6.23. The number of benzene rings is 3. The van der Waals surface area contributed by atoms with E-state index in [0.717, 1.165) is 6.42 Å². The van der Waals surface area contributed by atoms with Crippen LogP contribution in [0.1, 0.15) is 36.1 Å². The summed E-state index contributed by atoms with van der Waals surface area (Å²) in [6.45, 7) is 2.59. The molecule has 1 aliphatic heterocycles. The number of anilines is 1. The molecular weight excluding hydrogens is 416 g/mol. The molecule has 4 rings (SSSR count). The molecular formula is C27H22N2O4. The Morgan fingerprint density at radius 3 is 2.27 bits per heavy atom. The zero-order valence-electron chi connectivity index (χ0n) is 18.1. The highest BCUT2D eigenvalue weighted by molar-refractivity contribution is 6.51. The fourth-order valence-electron chi connectivity index (χ4n) is 3.83. The lowest BCUT2D eigenvalue weighted by Crippen LogP contribution is -2.29. The van der Waals surface area contributed by atoms with Crippen molar-refractivity contribution >= 4 is 23.1 Å². The van der Waals surface area contributed by atoms with Crippen LogP contribution in [0.2, 0.25) is 0 Å². The average molecular weight is 438 g/mol. The molecule has 0 aliphatic carbocycles. The summed E-state index contributed by atoms with van der Waals surface area (Å²) in [4.78, 5) is 27.6. The molecule has 3 aromatic rings. The topological polar surface area (TPSA) is 90.6 Å². The fraction of sp³-hybridized carbons (Fsp3) is 0.148. The minimum atomic E-state index is -0.810. The number of rotatable bonds is 6. The molecule has 6 nitrogen and oxygen atoms in total. The van der Waals surface area contributed by atoms with Crippen LogP contribution in [-0.4, -0.2) is 23.4 Å². The quantitative estimate of drug-likeness (QED) is 0.333. The number of amides is 1. The maximum absolute atomic E-state index is 13.1. The Balaban J connectivity index is 1.82. The lowest BCUT2D eigenvalue weighted by atomic mass is 9.95. The molecule has 0 saturated carbocycles. The van der Waals surface area contributed by atoms with Gasteiger partial charge in [0, 0.05) is 11.3 Å². The molecule has 1 amide bonds. The van der Waals surface area contributed by atoms with Crippen LogP contribution < -0.4 is 9.64 Å². The third-order valence-electron chi connectivity index (χ3n) is 5.43. The van der Waals surface area contributed by atoms with Gasteiger partial charge in [-0.3, -0.25) is 14.5 Å². The van der Waals surface area contributed by atoms with E-state index in [-0.39, 0.29) is 11.3 Å². The molecule has 1 aliphatic rings. The van der Waals surface area contributed by atoms with Gasteiger partial charge in [0.25, 0.3) is 11.7 Å². The molecule has 0 spiro atoms. The molecule has 1 N–H and O–H groups in total. The number of hydrogen-bond donors (Lipinski definition) is 1. The fourth-order valence-corrected chi connectivity index (χ4v) is 3.83. The second-order valence-corrected chi connectivity index (χ2v) is 7.61.